The molecule has 4 N–H and O–H groups in total. The van der Waals surface area contributed by atoms with Gasteiger partial charge in [0.1, 0.15) is 0 Å². The minimum Gasteiger partial charge on any atom is -0.338 e. The number of amides is 4. The lowest BCUT2D eigenvalue weighted by Gasteiger charge is -2.16. The molecule has 0 heterocycles. The van der Waals surface area contributed by atoms with E-state index in [1.54, 1.807) is 6.92 Å². The maximum atomic E-state index is 12.9. The fraction of sp³-hybridized carbons (Fsp3) is 0.400. The zero-order valence-corrected chi connectivity index (χ0v) is 13.8. The van der Waals surface area contributed by atoms with Crippen LogP contribution in [0.25, 0.3) is 0 Å². The number of hydrogen-bond acceptors (Lipinski definition) is 3. The first-order valence-corrected chi connectivity index (χ1v) is 7.48. The quantitative estimate of drug-likeness (QED) is 0.575. The van der Waals surface area contributed by atoms with E-state index in [4.69, 9.17) is 0 Å². The SMILES string of the molecule is CCNC(=O)NC(=O)C[NH+](C)CC(=O)Nc1ccccc1C(F)(F)F. The number of halogens is 3. The molecule has 0 aliphatic carbocycles. The van der Waals surface area contributed by atoms with Crippen molar-refractivity contribution in [2.24, 2.45) is 0 Å². The molecule has 4 amide bonds. The lowest BCUT2D eigenvalue weighted by atomic mass is 10.1. The highest BCUT2D eigenvalue weighted by Gasteiger charge is 2.33. The van der Waals surface area contributed by atoms with Gasteiger partial charge in [-0.1, -0.05) is 12.1 Å². The monoisotopic (exact) mass is 361 g/mol. The second-order valence-electron chi connectivity index (χ2n) is 5.31. The van der Waals surface area contributed by atoms with Crippen LogP contribution in [0, 0.1) is 0 Å². The van der Waals surface area contributed by atoms with Crippen LogP contribution in [0.3, 0.4) is 0 Å². The zero-order valence-electron chi connectivity index (χ0n) is 13.8. The highest BCUT2D eigenvalue weighted by Crippen LogP contribution is 2.34. The number of anilines is 1. The number of alkyl halides is 3. The predicted octanol–water partition coefficient (Wildman–Crippen LogP) is 0.00430. The maximum Gasteiger partial charge on any atom is 0.418 e. The second-order valence-corrected chi connectivity index (χ2v) is 5.31. The van der Waals surface area contributed by atoms with Gasteiger partial charge in [-0.25, -0.2) is 4.79 Å². The molecular formula is C15H20F3N4O3+. The van der Waals surface area contributed by atoms with Gasteiger partial charge in [-0.05, 0) is 19.1 Å². The smallest absolute Gasteiger partial charge is 0.338 e. The summed E-state index contributed by atoms with van der Waals surface area (Å²) in [6.07, 6.45) is -4.59. The zero-order chi connectivity index (χ0) is 19.0. The lowest BCUT2D eigenvalue weighted by Crippen LogP contribution is -3.11. The first kappa shape index (κ1) is 20.4. The summed E-state index contributed by atoms with van der Waals surface area (Å²) >= 11 is 0. The number of para-hydroxylation sites is 1. The molecule has 1 aromatic carbocycles. The van der Waals surface area contributed by atoms with Gasteiger partial charge in [-0.15, -0.1) is 0 Å². The van der Waals surface area contributed by atoms with Crippen molar-refractivity contribution in [1.82, 2.24) is 10.6 Å². The first-order valence-electron chi connectivity index (χ1n) is 7.48. The van der Waals surface area contributed by atoms with Crippen molar-refractivity contribution in [2.45, 2.75) is 13.1 Å². The Labute approximate surface area is 142 Å². The number of rotatable bonds is 6. The van der Waals surface area contributed by atoms with E-state index in [1.807, 2.05) is 0 Å². The van der Waals surface area contributed by atoms with Crippen molar-refractivity contribution in [3.63, 3.8) is 0 Å². The molecule has 7 nitrogen and oxygen atoms in total. The second kappa shape index (κ2) is 9.02. The number of imide groups is 1. The minimum atomic E-state index is -4.59. The van der Waals surface area contributed by atoms with Gasteiger partial charge in [0.25, 0.3) is 11.8 Å². The Morgan fingerprint density at radius 1 is 1.08 bits per heavy atom. The number of carbonyl (C=O) groups is 3. The van der Waals surface area contributed by atoms with Gasteiger partial charge in [0.15, 0.2) is 13.1 Å². The van der Waals surface area contributed by atoms with Crippen LogP contribution < -0.4 is 20.9 Å². The van der Waals surface area contributed by atoms with Gasteiger partial charge in [-0.3, -0.25) is 14.9 Å². The van der Waals surface area contributed by atoms with Crippen LogP contribution in [0.15, 0.2) is 24.3 Å². The molecular weight excluding hydrogens is 341 g/mol. The number of urea groups is 1. The molecule has 1 aromatic rings. The molecule has 0 radical (unpaired) electrons. The molecule has 0 fully saturated rings. The summed E-state index contributed by atoms with van der Waals surface area (Å²) in [4.78, 5) is 35.1. The average molecular weight is 361 g/mol. The van der Waals surface area contributed by atoms with E-state index in [0.717, 1.165) is 12.1 Å². The van der Waals surface area contributed by atoms with Crippen LogP contribution in [0.4, 0.5) is 23.7 Å². The lowest BCUT2D eigenvalue weighted by molar-refractivity contribution is -0.862. The van der Waals surface area contributed by atoms with E-state index < -0.39 is 29.6 Å². The molecule has 10 heteroatoms. The summed E-state index contributed by atoms with van der Waals surface area (Å²) in [5.74, 6) is -1.29. The van der Waals surface area contributed by atoms with Crippen molar-refractivity contribution >= 4 is 23.5 Å². The Morgan fingerprint density at radius 2 is 1.68 bits per heavy atom. The molecule has 138 valence electrons. The largest absolute Gasteiger partial charge is 0.418 e. The van der Waals surface area contributed by atoms with E-state index in [9.17, 15) is 27.6 Å². The molecule has 0 bridgehead atoms. The minimum absolute atomic E-state index is 0.189. The molecule has 0 aromatic heterocycles. The third-order valence-corrected chi connectivity index (χ3v) is 3.02. The van der Waals surface area contributed by atoms with Crippen molar-refractivity contribution in [3.05, 3.63) is 29.8 Å². The van der Waals surface area contributed by atoms with Gasteiger partial charge in [0.2, 0.25) is 0 Å². The molecule has 1 rings (SSSR count). The van der Waals surface area contributed by atoms with Crippen LogP contribution in [-0.4, -0.2) is 44.5 Å². The van der Waals surface area contributed by atoms with Crippen molar-refractivity contribution in [1.29, 1.82) is 0 Å². The van der Waals surface area contributed by atoms with Crippen molar-refractivity contribution in [3.8, 4) is 0 Å². The van der Waals surface area contributed by atoms with E-state index in [0.29, 0.717) is 11.4 Å². The third-order valence-electron chi connectivity index (χ3n) is 3.02. The van der Waals surface area contributed by atoms with Crippen molar-refractivity contribution in [2.75, 3.05) is 32.0 Å². The molecule has 0 saturated heterocycles. The van der Waals surface area contributed by atoms with E-state index in [-0.39, 0.29) is 18.8 Å². The normalized spacial score (nSPS) is 12.2. The Hall–Kier alpha value is -2.62. The topological polar surface area (TPSA) is 91.7 Å². The van der Waals surface area contributed by atoms with Crippen LogP contribution in [0.1, 0.15) is 12.5 Å². The highest BCUT2D eigenvalue weighted by molar-refractivity contribution is 5.95. The molecule has 0 spiro atoms. The molecule has 25 heavy (non-hydrogen) atoms. The Bertz CT molecular complexity index is 635. The molecule has 0 saturated carbocycles. The average Bonchev–Trinajstić information content (AvgIpc) is 2.45. The van der Waals surface area contributed by atoms with Crippen LogP contribution in [0.5, 0.6) is 0 Å². The van der Waals surface area contributed by atoms with Crippen molar-refractivity contribution < 1.29 is 32.5 Å². The fourth-order valence-corrected chi connectivity index (χ4v) is 2.02. The van der Waals surface area contributed by atoms with Gasteiger partial charge >= 0.3 is 12.2 Å². The van der Waals surface area contributed by atoms with Crippen LogP contribution >= 0.6 is 0 Å². The number of hydrogen-bond donors (Lipinski definition) is 4. The van der Waals surface area contributed by atoms with Gasteiger partial charge in [-0.2, -0.15) is 13.2 Å². The van der Waals surface area contributed by atoms with E-state index >= 15 is 0 Å². The first-order chi connectivity index (χ1) is 11.6. The van der Waals surface area contributed by atoms with E-state index in [1.165, 1.54) is 19.2 Å². The van der Waals surface area contributed by atoms with Gasteiger partial charge in [0.05, 0.1) is 18.3 Å². The summed E-state index contributed by atoms with van der Waals surface area (Å²) in [6.45, 7) is 1.61. The number of benzene rings is 1. The molecule has 0 aliphatic rings. The summed E-state index contributed by atoms with van der Waals surface area (Å²) < 4.78 is 38.6. The van der Waals surface area contributed by atoms with E-state index in [2.05, 4.69) is 16.0 Å². The maximum absolute atomic E-state index is 12.9. The number of carbonyl (C=O) groups excluding carboxylic acids is 3. The molecule has 1 unspecified atom stereocenters. The Kier molecular flexibility index (Phi) is 7.37. The third kappa shape index (κ3) is 7.21. The molecule has 0 aliphatic heterocycles. The number of quaternary nitrogens is 1. The summed E-state index contributed by atoms with van der Waals surface area (Å²) in [5, 5.41) is 6.64. The molecule has 1 atom stereocenters. The summed E-state index contributed by atoms with van der Waals surface area (Å²) in [7, 11) is 1.51. The van der Waals surface area contributed by atoms with Crippen LogP contribution in [-0.2, 0) is 15.8 Å². The Morgan fingerprint density at radius 3 is 2.28 bits per heavy atom. The van der Waals surface area contributed by atoms with Gasteiger partial charge in [0, 0.05) is 6.54 Å². The summed E-state index contributed by atoms with van der Waals surface area (Å²) in [6, 6.07) is 3.97. The standard InChI is InChI=1S/C15H19F3N4O3/c1-3-19-14(25)21-13(24)9-22(2)8-12(23)20-11-7-5-4-6-10(11)15(16,17)18/h4-7H,3,8-9H2,1-2H3,(H,20,23)(H2,19,21,24,25)/p+1. The number of likely N-dealkylation sites (N-methyl/N-ethyl adjacent to an activating group) is 1. The number of nitrogens with one attached hydrogen (secondary N) is 4. The predicted molar refractivity (Wildman–Crippen MR) is 83.9 cm³/mol. The summed E-state index contributed by atoms with van der Waals surface area (Å²) in [5.41, 5.74) is -1.30. The Balaban J connectivity index is 2.57. The van der Waals surface area contributed by atoms with Crippen LogP contribution in [0.2, 0.25) is 0 Å². The highest BCUT2D eigenvalue weighted by atomic mass is 19.4. The van der Waals surface area contributed by atoms with Gasteiger partial charge < -0.3 is 15.5 Å². The fourth-order valence-electron chi connectivity index (χ4n) is 2.02.